The third kappa shape index (κ3) is 3.58. The minimum atomic E-state index is 0.540. The van der Waals surface area contributed by atoms with Crippen LogP contribution < -0.4 is 5.32 Å². The van der Waals surface area contributed by atoms with Gasteiger partial charge in [-0.3, -0.25) is 0 Å². The number of nitrogens with one attached hydrogen (secondary N) is 1. The zero-order valence-corrected chi connectivity index (χ0v) is 12.9. The maximum Gasteiger partial charge on any atom is 0.0216 e. The van der Waals surface area contributed by atoms with Crippen molar-refractivity contribution in [3.05, 3.63) is 22.4 Å². The normalized spacial score (nSPS) is 25.3. The summed E-state index contributed by atoms with van der Waals surface area (Å²) in [5, 5.41) is 8.13. The van der Waals surface area contributed by atoms with Gasteiger partial charge in [-0.25, -0.2) is 0 Å². The first-order valence-corrected chi connectivity index (χ1v) is 8.30. The van der Waals surface area contributed by atoms with Crippen molar-refractivity contribution in [3.8, 4) is 0 Å². The molecule has 0 spiro atoms. The lowest BCUT2D eigenvalue weighted by Crippen LogP contribution is -2.36. The maximum absolute atomic E-state index is 3.72. The Kier molecular flexibility index (Phi) is 4.85. The van der Waals surface area contributed by atoms with E-state index >= 15 is 0 Å². The fourth-order valence-electron chi connectivity index (χ4n) is 3.02. The topological polar surface area (TPSA) is 12.0 Å². The fourth-order valence-corrected chi connectivity index (χ4v) is 3.69. The number of thiophene rings is 1. The maximum atomic E-state index is 3.72. The molecule has 1 aromatic rings. The lowest BCUT2D eigenvalue weighted by atomic mass is 9.69. The van der Waals surface area contributed by atoms with Gasteiger partial charge in [0.15, 0.2) is 0 Å². The molecule has 2 heteroatoms. The van der Waals surface area contributed by atoms with Crippen molar-refractivity contribution in [2.24, 2.45) is 11.3 Å². The molecule has 1 nitrogen and oxygen atoms in total. The molecule has 0 unspecified atom stereocenters. The molecule has 0 radical (unpaired) electrons. The molecule has 0 bridgehead atoms. The highest BCUT2D eigenvalue weighted by atomic mass is 32.1. The molecule has 2 rings (SSSR count). The number of rotatable bonds is 5. The van der Waals surface area contributed by atoms with E-state index in [1.807, 2.05) is 0 Å². The van der Waals surface area contributed by atoms with Crippen LogP contribution in [0.3, 0.4) is 0 Å². The zero-order valence-electron chi connectivity index (χ0n) is 12.0. The van der Waals surface area contributed by atoms with E-state index in [1.165, 1.54) is 37.7 Å². The molecule has 1 saturated carbocycles. The summed E-state index contributed by atoms with van der Waals surface area (Å²) in [6.45, 7) is 8.27. The second-order valence-corrected chi connectivity index (χ2v) is 7.18. The van der Waals surface area contributed by atoms with Gasteiger partial charge in [0.2, 0.25) is 0 Å². The molecule has 102 valence electrons. The molecule has 0 aromatic carbocycles. The van der Waals surface area contributed by atoms with Crippen LogP contribution in [-0.2, 0) is 6.54 Å². The summed E-state index contributed by atoms with van der Waals surface area (Å²) in [7, 11) is 0. The highest BCUT2D eigenvalue weighted by Gasteiger charge is 2.31. The third-order valence-electron chi connectivity index (χ3n) is 4.92. The predicted molar refractivity (Wildman–Crippen MR) is 81.0 cm³/mol. The molecule has 0 saturated heterocycles. The van der Waals surface area contributed by atoms with Gasteiger partial charge in [0.1, 0.15) is 0 Å². The molecule has 1 heterocycles. The number of hydrogen-bond acceptors (Lipinski definition) is 2. The number of hydrogen-bond donors (Lipinski definition) is 1. The van der Waals surface area contributed by atoms with Crippen LogP contribution in [0.15, 0.2) is 16.8 Å². The van der Waals surface area contributed by atoms with E-state index in [1.54, 1.807) is 11.3 Å². The smallest absolute Gasteiger partial charge is 0.0216 e. The first kappa shape index (κ1) is 14.1. The van der Waals surface area contributed by atoms with Crippen molar-refractivity contribution in [1.29, 1.82) is 0 Å². The summed E-state index contributed by atoms with van der Waals surface area (Å²) in [4.78, 5) is 0. The highest BCUT2D eigenvalue weighted by molar-refractivity contribution is 7.07. The van der Waals surface area contributed by atoms with Gasteiger partial charge in [0, 0.05) is 12.6 Å². The summed E-state index contributed by atoms with van der Waals surface area (Å²) >= 11 is 1.79. The van der Waals surface area contributed by atoms with Crippen LogP contribution in [0, 0.1) is 11.3 Å². The Labute approximate surface area is 116 Å². The molecular weight excluding hydrogens is 238 g/mol. The van der Waals surface area contributed by atoms with Gasteiger partial charge in [-0.15, -0.1) is 0 Å². The minimum absolute atomic E-state index is 0.540. The average molecular weight is 265 g/mol. The van der Waals surface area contributed by atoms with E-state index < -0.39 is 0 Å². The minimum Gasteiger partial charge on any atom is -0.310 e. The molecule has 0 atom stereocenters. The zero-order chi connectivity index (χ0) is 13.0. The van der Waals surface area contributed by atoms with Crippen molar-refractivity contribution < 1.29 is 0 Å². The standard InChI is InChI=1S/C16H27NS/c1-4-16(2,3)14-5-7-15(8-6-14)17-11-13-9-10-18-12-13/h9-10,12,14-15,17H,4-8,11H2,1-3H3. The molecule has 1 aliphatic carbocycles. The summed E-state index contributed by atoms with van der Waals surface area (Å²) < 4.78 is 0. The van der Waals surface area contributed by atoms with E-state index in [-0.39, 0.29) is 0 Å². The lowest BCUT2D eigenvalue weighted by Gasteiger charge is -2.39. The van der Waals surface area contributed by atoms with E-state index in [4.69, 9.17) is 0 Å². The van der Waals surface area contributed by atoms with Gasteiger partial charge in [-0.1, -0.05) is 27.2 Å². The molecule has 1 aromatic heterocycles. The SMILES string of the molecule is CCC(C)(C)C1CCC(NCc2ccsc2)CC1. The Morgan fingerprint density at radius 3 is 2.56 bits per heavy atom. The van der Waals surface area contributed by atoms with Crippen LogP contribution >= 0.6 is 11.3 Å². The Hall–Kier alpha value is -0.340. The van der Waals surface area contributed by atoms with Crippen LogP contribution in [0.25, 0.3) is 0 Å². The van der Waals surface area contributed by atoms with E-state index in [0.29, 0.717) is 5.41 Å². The molecular formula is C16H27NS. The van der Waals surface area contributed by atoms with Gasteiger partial charge in [0.05, 0.1) is 0 Å². The van der Waals surface area contributed by atoms with Crippen LogP contribution in [0.1, 0.15) is 58.4 Å². The quantitative estimate of drug-likeness (QED) is 0.804. The second kappa shape index (κ2) is 6.21. The third-order valence-corrected chi connectivity index (χ3v) is 5.65. The van der Waals surface area contributed by atoms with Gasteiger partial charge in [-0.2, -0.15) is 11.3 Å². The molecule has 1 N–H and O–H groups in total. The van der Waals surface area contributed by atoms with Crippen molar-refractivity contribution in [3.63, 3.8) is 0 Å². The second-order valence-electron chi connectivity index (χ2n) is 6.40. The van der Waals surface area contributed by atoms with Crippen molar-refractivity contribution in [1.82, 2.24) is 5.32 Å². The summed E-state index contributed by atoms with van der Waals surface area (Å²) in [6.07, 6.45) is 6.84. The molecule has 1 aliphatic rings. The first-order valence-electron chi connectivity index (χ1n) is 7.36. The molecule has 18 heavy (non-hydrogen) atoms. The summed E-state index contributed by atoms with van der Waals surface area (Å²) in [5.41, 5.74) is 1.98. The Morgan fingerprint density at radius 1 is 1.28 bits per heavy atom. The Balaban J connectivity index is 1.73. The monoisotopic (exact) mass is 265 g/mol. The van der Waals surface area contributed by atoms with Crippen LogP contribution in [0.2, 0.25) is 0 Å². The van der Waals surface area contributed by atoms with Gasteiger partial charge in [0.25, 0.3) is 0 Å². The van der Waals surface area contributed by atoms with Gasteiger partial charge in [-0.05, 0) is 59.4 Å². The van der Waals surface area contributed by atoms with E-state index in [9.17, 15) is 0 Å². The fraction of sp³-hybridized carbons (Fsp3) is 0.750. The molecule has 0 aliphatic heterocycles. The van der Waals surface area contributed by atoms with Gasteiger partial charge >= 0.3 is 0 Å². The van der Waals surface area contributed by atoms with Crippen molar-refractivity contribution in [2.45, 2.75) is 65.5 Å². The average Bonchev–Trinajstić information content (AvgIpc) is 2.90. The Bertz CT molecular complexity index is 334. The predicted octanol–water partition coefficient (Wildman–Crippen LogP) is 4.83. The summed E-state index contributed by atoms with van der Waals surface area (Å²) in [5.74, 6) is 0.932. The van der Waals surface area contributed by atoms with E-state index in [2.05, 4.69) is 42.9 Å². The van der Waals surface area contributed by atoms with Crippen molar-refractivity contribution >= 4 is 11.3 Å². The largest absolute Gasteiger partial charge is 0.310 e. The highest BCUT2D eigenvalue weighted by Crippen LogP contribution is 2.40. The van der Waals surface area contributed by atoms with Crippen LogP contribution in [0.5, 0.6) is 0 Å². The van der Waals surface area contributed by atoms with Crippen molar-refractivity contribution in [2.75, 3.05) is 0 Å². The summed E-state index contributed by atoms with van der Waals surface area (Å²) in [6, 6.07) is 2.97. The molecule has 1 fully saturated rings. The lowest BCUT2D eigenvalue weighted by molar-refractivity contribution is 0.137. The van der Waals surface area contributed by atoms with Crippen LogP contribution in [0.4, 0.5) is 0 Å². The van der Waals surface area contributed by atoms with Gasteiger partial charge < -0.3 is 5.32 Å². The van der Waals surface area contributed by atoms with E-state index in [0.717, 1.165) is 18.5 Å². The first-order chi connectivity index (χ1) is 8.62. The molecule has 0 amide bonds. The Morgan fingerprint density at radius 2 is 2.00 bits per heavy atom. The van der Waals surface area contributed by atoms with Crippen LogP contribution in [-0.4, -0.2) is 6.04 Å².